The number of ether oxygens (including phenoxy) is 2. The number of aryl methyl sites for hydroxylation is 1. The fourth-order valence-corrected chi connectivity index (χ4v) is 6.55. The van der Waals surface area contributed by atoms with Crippen LogP contribution in [0.3, 0.4) is 0 Å². The molecule has 4 rings (SSSR count). The minimum atomic E-state index is -5.08. The molecule has 2 amide bonds. The van der Waals surface area contributed by atoms with Crippen LogP contribution in [0.2, 0.25) is 0 Å². The van der Waals surface area contributed by atoms with E-state index in [1.807, 2.05) is 6.07 Å². The summed E-state index contributed by atoms with van der Waals surface area (Å²) in [6.45, 7) is 6.78. The topological polar surface area (TPSA) is 129 Å². The molecular formula is C28H40F3N5O5S. The summed E-state index contributed by atoms with van der Waals surface area (Å²) in [6, 6.07) is 6.69. The molecule has 0 radical (unpaired) electrons. The van der Waals surface area contributed by atoms with Crippen LogP contribution in [0.15, 0.2) is 24.5 Å². The van der Waals surface area contributed by atoms with E-state index in [1.165, 1.54) is 11.3 Å². The minimum Gasteiger partial charge on any atom is -0.493 e. The van der Waals surface area contributed by atoms with Gasteiger partial charge >= 0.3 is 18.2 Å². The largest absolute Gasteiger partial charge is 0.493 e. The number of carbonyl (C=O) groups excluding carboxylic acids is 1. The van der Waals surface area contributed by atoms with Crippen molar-refractivity contribution < 1.29 is 37.3 Å². The highest BCUT2D eigenvalue weighted by Crippen LogP contribution is 2.52. The van der Waals surface area contributed by atoms with Crippen molar-refractivity contribution >= 4 is 23.9 Å². The molecule has 42 heavy (non-hydrogen) atoms. The molecule has 1 aromatic carbocycles. The van der Waals surface area contributed by atoms with E-state index >= 15 is 0 Å². The summed E-state index contributed by atoms with van der Waals surface area (Å²) in [4.78, 5) is 31.5. The molecule has 1 aliphatic heterocycles. The number of likely N-dealkylation sites (tertiary alicyclic amines) is 1. The average Bonchev–Trinajstić information content (AvgIpc) is 3.54. The maximum atomic E-state index is 12.2. The average molecular weight is 616 g/mol. The van der Waals surface area contributed by atoms with E-state index in [1.54, 1.807) is 32.5 Å². The summed E-state index contributed by atoms with van der Waals surface area (Å²) in [5.74, 6) is -1.22. The van der Waals surface area contributed by atoms with E-state index in [0.717, 1.165) is 75.4 Å². The molecule has 1 saturated heterocycles. The molecule has 4 N–H and O–H groups in total. The first-order valence-corrected chi connectivity index (χ1v) is 14.8. The number of rotatable bonds is 10. The normalized spacial score (nSPS) is 22.0. The lowest BCUT2D eigenvalue weighted by Gasteiger charge is -2.45. The summed E-state index contributed by atoms with van der Waals surface area (Å²) in [5, 5.41) is 10.4. The molecule has 1 aromatic heterocycles. The van der Waals surface area contributed by atoms with Crippen molar-refractivity contribution in [2.24, 2.45) is 0 Å². The van der Waals surface area contributed by atoms with Crippen LogP contribution >= 0.6 is 11.9 Å². The molecule has 14 heteroatoms. The van der Waals surface area contributed by atoms with Crippen LogP contribution in [0.5, 0.6) is 11.5 Å². The van der Waals surface area contributed by atoms with Gasteiger partial charge in [-0.2, -0.15) is 13.2 Å². The standard InChI is InChI=1S/C26H39N5O3S.C2HF3O2/c1-5-6-12-27-25(32)30-35-20-9-10-26(19-7-8-22(33-3)23(14-19)34-4)11-13-31(24(26)15-20)16-21-18(2)28-17-29-21;3-2(4,5)1(6)7/h7-8,14,17,20,24H,5-6,9-13,15-16H2,1-4H3,(H,28,29)(H2,27,30,32);(H,6,7). The Morgan fingerprint density at radius 2 is 1.95 bits per heavy atom. The zero-order valence-electron chi connectivity index (χ0n) is 24.3. The number of hydrogen-bond donors (Lipinski definition) is 4. The van der Waals surface area contributed by atoms with Crippen LogP contribution in [-0.4, -0.2) is 76.8 Å². The Labute approximate surface area is 248 Å². The molecule has 2 fully saturated rings. The Morgan fingerprint density at radius 1 is 1.24 bits per heavy atom. The van der Waals surface area contributed by atoms with Crippen molar-refractivity contribution in [3.8, 4) is 11.5 Å². The van der Waals surface area contributed by atoms with E-state index in [9.17, 15) is 18.0 Å². The number of nitrogens with zero attached hydrogens (tertiary/aromatic N) is 2. The number of benzene rings is 1. The molecule has 0 spiro atoms. The predicted molar refractivity (Wildman–Crippen MR) is 154 cm³/mol. The number of carboxylic acids is 1. The van der Waals surface area contributed by atoms with Gasteiger partial charge in [-0.25, -0.2) is 14.6 Å². The highest BCUT2D eigenvalue weighted by atomic mass is 32.2. The molecule has 2 heterocycles. The van der Waals surface area contributed by atoms with Crippen molar-refractivity contribution in [2.45, 2.75) is 81.8 Å². The van der Waals surface area contributed by atoms with E-state index in [2.05, 4.69) is 50.9 Å². The lowest BCUT2D eigenvalue weighted by Crippen LogP contribution is -2.48. The number of aromatic nitrogens is 2. The summed E-state index contributed by atoms with van der Waals surface area (Å²) in [5.41, 5.74) is 3.60. The Kier molecular flexibility index (Phi) is 11.8. The molecule has 0 bridgehead atoms. The molecule has 1 aliphatic carbocycles. The van der Waals surface area contributed by atoms with Crippen LogP contribution in [-0.2, 0) is 16.8 Å². The number of urea groups is 1. The van der Waals surface area contributed by atoms with Crippen LogP contribution in [0.4, 0.5) is 18.0 Å². The third-order valence-electron chi connectivity index (χ3n) is 7.95. The van der Waals surface area contributed by atoms with Gasteiger partial charge in [0, 0.05) is 29.8 Å². The van der Waals surface area contributed by atoms with Crippen LogP contribution in [0, 0.1) is 6.92 Å². The maximum Gasteiger partial charge on any atom is 0.490 e. The third kappa shape index (κ3) is 8.24. The highest BCUT2D eigenvalue weighted by Gasteiger charge is 2.52. The second-order valence-electron chi connectivity index (χ2n) is 10.5. The molecule has 1 saturated carbocycles. The minimum absolute atomic E-state index is 0.0495. The predicted octanol–water partition coefficient (Wildman–Crippen LogP) is 5.18. The van der Waals surface area contributed by atoms with Gasteiger partial charge in [0.15, 0.2) is 11.5 Å². The zero-order valence-corrected chi connectivity index (χ0v) is 25.2. The summed E-state index contributed by atoms with van der Waals surface area (Å²) in [7, 11) is 3.37. The Hall–Kier alpha value is -3.13. The zero-order chi connectivity index (χ0) is 30.9. The monoisotopic (exact) mass is 615 g/mol. The number of alkyl halides is 3. The third-order valence-corrected chi connectivity index (χ3v) is 9.02. The second-order valence-corrected chi connectivity index (χ2v) is 11.6. The summed E-state index contributed by atoms with van der Waals surface area (Å²) >= 11 is 1.58. The lowest BCUT2D eigenvalue weighted by atomic mass is 9.66. The molecule has 3 atom stereocenters. The molecule has 10 nitrogen and oxygen atoms in total. The van der Waals surface area contributed by atoms with E-state index in [-0.39, 0.29) is 11.4 Å². The molecule has 2 aliphatic rings. The van der Waals surface area contributed by atoms with Gasteiger partial charge < -0.3 is 24.9 Å². The van der Waals surface area contributed by atoms with Gasteiger partial charge in [-0.1, -0.05) is 19.4 Å². The number of amides is 2. The summed E-state index contributed by atoms with van der Waals surface area (Å²) in [6.07, 6.45) is 3.01. The number of carbonyl (C=O) groups is 2. The number of H-pyrrole nitrogens is 1. The fourth-order valence-electron chi connectivity index (χ4n) is 5.69. The van der Waals surface area contributed by atoms with Crippen molar-refractivity contribution in [1.82, 2.24) is 24.9 Å². The number of nitrogens with one attached hydrogen (secondary N) is 3. The Balaban J connectivity index is 0.000000616. The van der Waals surface area contributed by atoms with Crippen molar-refractivity contribution in [2.75, 3.05) is 27.3 Å². The molecule has 234 valence electrons. The number of hydrogen-bond acceptors (Lipinski definition) is 7. The van der Waals surface area contributed by atoms with Gasteiger partial charge in [-0.3, -0.25) is 9.62 Å². The number of aromatic amines is 1. The number of unbranched alkanes of at least 4 members (excludes halogenated alkanes) is 1. The van der Waals surface area contributed by atoms with Crippen LogP contribution < -0.4 is 19.5 Å². The smallest absolute Gasteiger partial charge is 0.490 e. The van der Waals surface area contributed by atoms with Crippen LogP contribution in [0.1, 0.15) is 62.4 Å². The van der Waals surface area contributed by atoms with Crippen LogP contribution in [0.25, 0.3) is 0 Å². The number of imidazole rings is 1. The van der Waals surface area contributed by atoms with Gasteiger partial charge in [0.2, 0.25) is 0 Å². The Morgan fingerprint density at radius 3 is 2.55 bits per heavy atom. The number of halogens is 3. The van der Waals surface area contributed by atoms with Gasteiger partial charge in [0.1, 0.15) is 0 Å². The first-order chi connectivity index (χ1) is 19.9. The Bertz CT molecular complexity index is 1200. The quantitative estimate of drug-likeness (QED) is 0.213. The number of aliphatic carboxylic acids is 1. The second kappa shape index (κ2) is 14.9. The van der Waals surface area contributed by atoms with Gasteiger partial charge in [-0.15, -0.1) is 0 Å². The highest BCUT2D eigenvalue weighted by molar-refractivity contribution is 7.98. The van der Waals surface area contributed by atoms with Gasteiger partial charge in [-0.05, 0) is 75.2 Å². The van der Waals surface area contributed by atoms with Gasteiger partial charge in [0.05, 0.1) is 31.9 Å². The number of fused-ring (bicyclic) bond motifs is 1. The number of carboxylic acid groups (broad SMARTS) is 1. The van der Waals surface area contributed by atoms with E-state index < -0.39 is 12.1 Å². The van der Waals surface area contributed by atoms with Crippen molar-refractivity contribution in [3.63, 3.8) is 0 Å². The summed E-state index contributed by atoms with van der Waals surface area (Å²) < 4.78 is 45.9. The SMILES string of the molecule is CCCCNC(=O)NSC1CCC2(c3ccc(OC)c(OC)c3)CCN(Cc3[nH]cnc3C)C2C1.O=C(O)C(F)(F)F. The van der Waals surface area contributed by atoms with Crippen molar-refractivity contribution in [3.05, 3.63) is 41.5 Å². The number of methoxy groups -OCH3 is 2. The fraction of sp³-hybridized carbons (Fsp3) is 0.607. The first-order valence-electron chi connectivity index (χ1n) is 13.9. The molecule has 2 aromatic rings. The first kappa shape index (κ1) is 33.4. The van der Waals surface area contributed by atoms with Crippen molar-refractivity contribution in [1.29, 1.82) is 0 Å². The maximum absolute atomic E-state index is 12.2. The van der Waals surface area contributed by atoms with E-state index in [0.29, 0.717) is 11.3 Å². The molecule has 3 unspecified atom stereocenters. The van der Waals surface area contributed by atoms with Gasteiger partial charge in [0.25, 0.3) is 0 Å². The van der Waals surface area contributed by atoms with E-state index in [4.69, 9.17) is 19.4 Å². The molecular weight excluding hydrogens is 575 g/mol. The lowest BCUT2D eigenvalue weighted by molar-refractivity contribution is -0.192.